The van der Waals surface area contributed by atoms with E-state index in [9.17, 15) is 0 Å². The third kappa shape index (κ3) is 2.97. The van der Waals surface area contributed by atoms with Crippen molar-refractivity contribution < 1.29 is 4.74 Å². The number of ether oxygens (including phenoxy) is 1. The molecular formula is C23H22N2O. The number of benzene rings is 3. The minimum absolute atomic E-state index is 0.151. The zero-order valence-corrected chi connectivity index (χ0v) is 15.0. The fraction of sp³-hybridized carbons (Fsp3) is 0.174. The molecule has 1 aliphatic rings. The van der Waals surface area contributed by atoms with Crippen molar-refractivity contribution in [2.75, 3.05) is 12.1 Å². The van der Waals surface area contributed by atoms with E-state index in [-0.39, 0.29) is 12.0 Å². The number of methoxy groups -OCH3 is 1. The van der Waals surface area contributed by atoms with Crippen molar-refractivity contribution in [1.29, 1.82) is 0 Å². The van der Waals surface area contributed by atoms with Gasteiger partial charge in [0, 0.05) is 5.92 Å². The molecule has 1 aliphatic heterocycles. The van der Waals surface area contributed by atoms with Gasteiger partial charge in [0.15, 0.2) is 0 Å². The fourth-order valence-corrected chi connectivity index (χ4v) is 3.59. The second kappa shape index (κ2) is 7.04. The van der Waals surface area contributed by atoms with Crippen LogP contribution in [0.3, 0.4) is 0 Å². The van der Waals surface area contributed by atoms with Gasteiger partial charge in [0.25, 0.3) is 0 Å². The highest BCUT2D eigenvalue weighted by Crippen LogP contribution is 2.40. The van der Waals surface area contributed by atoms with Crippen LogP contribution in [0, 0.1) is 5.92 Å². The van der Waals surface area contributed by atoms with Gasteiger partial charge in [-0.3, -0.25) is 5.01 Å². The summed E-state index contributed by atoms with van der Waals surface area (Å²) in [7, 11) is 1.69. The van der Waals surface area contributed by atoms with E-state index in [1.165, 1.54) is 11.1 Å². The molecule has 26 heavy (non-hydrogen) atoms. The Kier molecular flexibility index (Phi) is 4.44. The molecule has 130 valence electrons. The van der Waals surface area contributed by atoms with Crippen LogP contribution in [0.2, 0.25) is 0 Å². The summed E-state index contributed by atoms with van der Waals surface area (Å²) in [5.41, 5.74) is 4.63. The van der Waals surface area contributed by atoms with Crippen LogP contribution < -0.4 is 9.75 Å². The average Bonchev–Trinajstić information content (AvgIpc) is 3.06. The second-order valence-corrected chi connectivity index (χ2v) is 6.54. The highest BCUT2D eigenvalue weighted by molar-refractivity contribution is 6.04. The van der Waals surface area contributed by atoms with Crippen LogP contribution in [-0.4, -0.2) is 12.8 Å². The fourth-order valence-electron chi connectivity index (χ4n) is 3.59. The smallest absolute Gasteiger partial charge is 0.118 e. The van der Waals surface area contributed by atoms with E-state index in [4.69, 9.17) is 9.84 Å². The molecule has 3 aromatic rings. The molecule has 4 rings (SSSR count). The van der Waals surface area contributed by atoms with Crippen molar-refractivity contribution in [1.82, 2.24) is 0 Å². The maximum atomic E-state index is 5.32. The monoisotopic (exact) mass is 342 g/mol. The molecule has 0 unspecified atom stereocenters. The van der Waals surface area contributed by atoms with E-state index in [0.29, 0.717) is 0 Å². The van der Waals surface area contributed by atoms with Gasteiger partial charge in [-0.15, -0.1) is 0 Å². The van der Waals surface area contributed by atoms with Crippen LogP contribution in [0.15, 0.2) is 90.0 Å². The van der Waals surface area contributed by atoms with E-state index in [1.807, 2.05) is 24.3 Å². The largest absolute Gasteiger partial charge is 0.497 e. The van der Waals surface area contributed by atoms with Gasteiger partial charge in [0.2, 0.25) is 0 Å². The Morgan fingerprint density at radius 3 is 2.04 bits per heavy atom. The molecule has 0 spiro atoms. The molecular weight excluding hydrogens is 320 g/mol. The minimum Gasteiger partial charge on any atom is -0.497 e. The molecule has 3 heteroatoms. The molecule has 2 atom stereocenters. The SMILES string of the molecule is COc1ccc([C@H]2[C@H](C)C(c3ccccc3)=NN2c2ccccc2)cc1. The summed E-state index contributed by atoms with van der Waals surface area (Å²) < 4.78 is 5.32. The Morgan fingerprint density at radius 1 is 0.808 bits per heavy atom. The summed E-state index contributed by atoms with van der Waals surface area (Å²) >= 11 is 0. The van der Waals surface area contributed by atoms with Gasteiger partial charge in [0.1, 0.15) is 5.75 Å². The number of hydrazone groups is 1. The van der Waals surface area contributed by atoms with Gasteiger partial charge in [0.05, 0.1) is 24.6 Å². The summed E-state index contributed by atoms with van der Waals surface area (Å²) in [5.74, 6) is 1.14. The van der Waals surface area contributed by atoms with E-state index in [0.717, 1.165) is 17.1 Å². The number of rotatable bonds is 4. The van der Waals surface area contributed by atoms with Crippen LogP contribution >= 0.6 is 0 Å². The molecule has 0 saturated heterocycles. The zero-order valence-electron chi connectivity index (χ0n) is 15.0. The average molecular weight is 342 g/mol. The molecule has 0 saturated carbocycles. The van der Waals surface area contributed by atoms with Crippen molar-refractivity contribution in [2.24, 2.45) is 11.0 Å². The van der Waals surface area contributed by atoms with E-state index >= 15 is 0 Å². The van der Waals surface area contributed by atoms with E-state index < -0.39 is 0 Å². The van der Waals surface area contributed by atoms with Crippen LogP contribution in [0.25, 0.3) is 0 Å². The quantitative estimate of drug-likeness (QED) is 0.643. The Hall–Kier alpha value is -3.07. The first-order chi connectivity index (χ1) is 12.8. The molecule has 3 nitrogen and oxygen atoms in total. The van der Waals surface area contributed by atoms with Gasteiger partial charge in [-0.25, -0.2) is 0 Å². The molecule has 0 N–H and O–H groups in total. The van der Waals surface area contributed by atoms with Crippen LogP contribution in [0.1, 0.15) is 24.1 Å². The lowest BCUT2D eigenvalue weighted by Gasteiger charge is -2.27. The van der Waals surface area contributed by atoms with Gasteiger partial charge in [-0.2, -0.15) is 5.10 Å². The third-order valence-corrected chi connectivity index (χ3v) is 4.93. The minimum atomic E-state index is 0.151. The molecule has 3 aromatic carbocycles. The van der Waals surface area contributed by atoms with Crippen LogP contribution in [0.4, 0.5) is 5.69 Å². The molecule has 0 fully saturated rings. The summed E-state index contributed by atoms with van der Waals surface area (Å²) in [6.45, 7) is 2.25. The van der Waals surface area contributed by atoms with E-state index in [2.05, 4.69) is 72.6 Å². The standard InChI is InChI=1S/C23H22N2O/c1-17-22(18-9-5-3-6-10-18)24-25(20-11-7-4-8-12-20)23(17)19-13-15-21(26-2)16-14-19/h3-17,23H,1-2H3/t17-,23-/m1/s1. The molecule has 0 aliphatic carbocycles. The first-order valence-corrected chi connectivity index (χ1v) is 8.90. The lowest BCUT2D eigenvalue weighted by atomic mass is 9.88. The number of anilines is 1. The second-order valence-electron chi connectivity index (χ2n) is 6.54. The van der Waals surface area contributed by atoms with Crippen molar-refractivity contribution in [3.63, 3.8) is 0 Å². The predicted molar refractivity (Wildman–Crippen MR) is 107 cm³/mol. The number of hydrogen-bond donors (Lipinski definition) is 0. The highest BCUT2D eigenvalue weighted by Gasteiger charge is 2.36. The number of nitrogens with zero attached hydrogens (tertiary/aromatic N) is 2. The Balaban J connectivity index is 1.78. The summed E-state index contributed by atoms with van der Waals surface area (Å²) in [6.07, 6.45) is 0. The molecule has 0 radical (unpaired) electrons. The highest BCUT2D eigenvalue weighted by atomic mass is 16.5. The lowest BCUT2D eigenvalue weighted by molar-refractivity contribution is 0.414. The number of para-hydroxylation sites is 1. The molecule has 1 heterocycles. The van der Waals surface area contributed by atoms with Gasteiger partial charge >= 0.3 is 0 Å². The normalized spacial score (nSPS) is 19.3. The van der Waals surface area contributed by atoms with Crippen LogP contribution in [0.5, 0.6) is 5.75 Å². The molecule has 0 bridgehead atoms. The Labute approximate surface area is 154 Å². The maximum absolute atomic E-state index is 5.32. The summed E-state index contributed by atoms with van der Waals surface area (Å²) in [4.78, 5) is 0. The Bertz CT molecular complexity index is 889. The molecule has 0 aromatic heterocycles. The van der Waals surface area contributed by atoms with Crippen molar-refractivity contribution in [3.8, 4) is 5.75 Å². The van der Waals surface area contributed by atoms with Crippen molar-refractivity contribution in [3.05, 3.63) is 96.1 Å². The molecule has 0 amide bonds. The Morgan fingerprint density at radius 2 is 1.42 bits per heavy atom. The first-order valence-electron chi connectivity index (χ1n) is 8.90. The van der Waals surface area contributed by atoms with Gasteiger partial charge in [-0.05, 0) is 35.4 Å². The predicted octanol–water partition coefficient (Wildman–Crippen LogP) is 5.30. The van der Waals surface area contributed by atoms with Gasteiger partial charge in [-0.1, -0.05) is 67.6 Å². The third-order valence-electron chi connectivity index (χ3n) is 4.93. The van der Waals surface area contributed by atoms with Crippen molar-refractivity contribution >= 4 is 11.4 Å². The van der Waals surface area contributed by atoms with Crippen molar-refractivity contribution in [2.45, 2.75) is 13.0 Å². The van der Waals surface area contributed by atoms with Crippen LogP contribution in [-0.2, 0) is 0 Å². The van der Waals surface area contributed by atoms with Gasteiger partial charge < -0.3 is 4.74 Å². The first kappa shape index (κ1) is 16.4. The summed E-state index contributed by atoms with van der Waals surface area (Å²) in [6, 6.07) is 29.3. The topological polar surface area (TPSA) is 24.8 Å². The van der Waals surface area contributed by atoms with E-state index in [1.54, 1.807) is 7.11 Å². The number of hydrogen-bond acceptors (Lipinski definition) is 3. The summed E-state index contributed by atoms with van der Waals surface area (Å²) in [5, 5.41) is 7.18. The lowest BCUT2D eigenvalue weighted by Crippen LogP contribution is -2.24. The zero-order chi connectivity index (χ0) is 17.9. The maximum Gasteiger partial charge on any atom is 0.118 e.